The van der Waals surface area contributed by atoms with Gasteiger partial charge in [-0.25, -0.2) is 4.90 Å². The third-order valence-corrected chi connectivity index (χ3v) is 7.10. The highest BCUT2D eigenvalue weighted by Crippen LogP contribution is 2.37. The number of carbonyl (C=O) groups is 3. The number of fused-ring (bicyclic) bond motifs is 1. The molecule has 2 aromatic carbocycles. The summed E-state index contributed by atoms with van der Waals surface area (Å²) < 4.78 is 1.96. The first kappa shape index (κ1) is 24.1. The Morgan fingerprint density at radius 2 is 1.76 bits per heavy atom. The molecule has 2 heterocycles. The molecule has 4 rings (SSSR count). The average molecular weight is 496 g/mol. The number of thioether (sulfide) groups is 1. The third kappa shape index (κ3) is 4.50. The number of halogens is 1. The van der Waals surface area contributed by atoms with Crippen molar-refractivity contribution in [2.24, 2.45) is 0 Å². The fraction of sp³-hybridized carbons (Fsp3) is 0.269. The first-order valence-electron chi connectivity index (χ1n) is 11.3. The van der Waals surface area contributed by atoms with E-state index in [1.54, 1.807) is 35.2 Å². The van der Waals surface area contributed by atoms with Crippen LogP contribution in [0.1, 0.15) is 31.9 Å². The van der Waals surface area contributed by atoms with Gasteiger partial charge < -0.3 is 9.47 Å². The highest BCUT2D eigenvalue weighted by atomic mass is 35.5. The van der Waals surface area contributed by atoms with Gasteiger partial charge in [0.05, 0.1) is 16.1 Å². The van der Waals surface area contributed by atoms with Crippen molar-refractivity contribution in [3.8, 4) is 0 Å². The Morgan fingerprint density at radius 3 is 2.41 bits per heavy atom. The van der Waals surface area contributed by atoms with Crippen molar-refractivity contribution < 1.29 is 14.4 Å². The maximum atomic E-state index is 13.1. The van der Waals surface area contributed by atoms with Gasteiger partial charge in [0.2, 0.25) is 5.91 Å². The van der Waals surface area contributed by atoms with Gasteiger partial charge in [0.25, 0.3) is 11.1 Å². The Bertz CT molecular complexity index is 1290. The van der Waals surface area contributed by atoms with Crippen LogP contribution in [0.5, 0.6) is 0 Å². The molecule has 3 aromatic rings. The normalized spacial score (nSPS) is 15.1. The molecule has 3 amide bonds. The minimum Gasteiger partial charge on any atom is -0.342 e. The summed E-state index contributed by atoms with van der Waals surface area (Å²) in [7, 11) is 0. The minimum absolute atomic E-state index is 0.0439. The van der Waals surface area contributed by atoms with Crippen LogP contribution in [0, 0.1) is 0 Å². The predicted octanol–water partition coefficient (Wildman–Crippen LogP) is 5.97. The molecule has 0 aliphatic carbocycles. The van der Waals surface area contributed by atoms with Gasteiger partial charge >= 0.3 is 0 Å². The Morgan fingerprint density at radius 1 is 1.06 bits per heavy atom. The van der Waals surface area contributed by atoms with Crippen LogP contribution >= 0.6 is 23.4 Å². The van der Waals surface area contributed by atoms with E-state index < -0.39 is 0 Å². The molecule has 0 saturated carbocycles. The number of imide groups is 1. The van der Waals surface area contributed by atoms with Crippen LogP contribution in [-0.2, 0) is 22.6 Å². The molecule has 176 valence electrons. The molecule has 0 unspecified atom stereocenters. The van der Waals surface area contributed by atoms with Gasteiger partial charge in [0.15, 0.2) is 0 Å². The monoisotopic (exact) mass is 495 g/mol. The van der Waals surface area contributed by atoms with Crippen molar-refractivity contribution in [2.45, 2.75) is 33.7 Å². The molecular formula is C26H26ClN3O3S. The Labute approximate surface area is 208 Å². The Hall–Kier alpha value is -3.03. The molecule has 1 saturated heterocycles. The number of nitrogens with zero attached hydrogens (tertiary/aromatic N) is 3. The zero-order chi connectivity index (χ0) is 24.4. The Balaban J connectivity index is 1.75. The van der Waals surface area contributed by atoms with E-state index in [4.69, 9.17) is 11.6 Å². The van der Waals surface area contributed by atoms with E-state index >= 15 is 0 Å². The summed E-state index contributed by atoms with van der Waals surface area (Å²) in [6.45, 7) is 7.54. The smallest absolute Gasteiger partial charge is 0.298 e. The highest BCUT2D eigenvalue weighted by molar-refractivity contribution is 8.19. The van der Waals surface area contributed by atoms with E-state index in [2.05, 4.69) is 13.0 Å². The van der Waals surface area contributed by atoms with Crippen molar-refractivity contribution in [1.29, 1.82) is 0 Å². The van der Waals surface area contributed by atoms with Crippen LogP contribution in [0.15, 0.2) is 53.6 Å². The first-order chi connectivity index (χ1) is 16.4. The number of aromatic nitrogens is 1. The van der Waals surface area contributed by atoms with Gasteiger partial charge in [0.1, 0.15) is 6.54 Å². The van der Waals surface area contributed by atoms with Crippen molar-refractivity contribution >= 4 is 63.1 Å². The van der Waals surface area contributed by atoms with E-state index in [1.807, 2.05) is 36.7 Å². The number of para-hydroxylation sites is 1. The number of aryl methyl sites for hydroxylation is 1. The summed E-state index contributed by atoms with van der Waals surface area (Å²) in [6, 6.07) is 12.6. The second-order valence-electron chi connectivity index (χ2n) is 7.94. The van der Waals surface area contributed by atoms with Crippen LogP contribution < -0.4 is 4.90 Å². The van der Waals surface area contributed by atoms with Crippen molar-refractivity contribution in [1.82, 2.24) is 9.47 Å². The van der Waals surface area contributed by atoms with Gasteiger partial charge in [0, 0.05) is 35.3 Å². The topological polar surface area (TPSA) is 62.6 Å². The van der Waals surface area contributed by atoms with Crippen LogP contribution in [-0.4, -0.2) is 39.6 Å². The van der Waals surface area contributed by atoms with Gasteiger partial charge in [-0.3, -0.25) is 14.4 Å². The van der Waals surface area contributed by atoms with E-state index in [1.165, 1.54) is 0 Å². The lowest BCUT2D eigenvalue weighted by molar-refractivity contribution is -0.131. The van der Waals surface area contributed by atoms with Crippen molar-refractivity contribution in [3.05, 3.63) is 69.7 Å². The molecule has 1 aliphatic rings. The lowest BCUT2D eigenvalue weighted by Crippen LogP contribution is -2.33. The third-order valence-electron chi connectivity index (χ3n) is 5.98. The van der Waals surface area contributed by atoms with Gasteiger partial charge in [-0.15, -0.1) is 0 Å². The minimum atomic E-state index is -0.371. The second kappa shape index (κ2) is 10.1. The number of rotatable bonds is 7. The summed E-state index contributed by atoms with van der Waals surface area (Å²) in [6.07, 6.45) is 4.47. The van der Waals surface area contributed by atoms with Crippen LogP contribution in [0.25, 0.3) is 17.0 Å². The van der Waals surface area contributed by atoms with Gasteiger partial charge in [-0.2, -0.15) is 0 Å². The lowest BCUT2D eigenvalue weighted by atomic mass is 10.1. The zero-order valence-electron chi connectivity index (χ0n) is 19.4. The van der Waals surface area contributed by atoms with E-state index in [0.717, 1.165) is 45.1 Å². The van der Waals surface area contributed by atoms with Crippen LogP contribution in [0.4, 0.5) is 10.5 Å². The molecule has 1 aliphatic heterocycles. The van der Waals surface area contributed by atoms with E-state index in [-0.39, 0.29) is 23.6 Å². The molecule has 6 nitrogen and oxygen atoms in total. The van der Waals surface area contributed by atoms with Gasteiger partial charge in [-0.1, -0.05) is 36.7 Å². The number of hydrogen-bond acceptors (Lipinski definition) is 4. The number of hydrogen-bond donors (Lipinski definition) is 0. The number of likely N-dealkylation sites (N-methyl/N-ethyl adjacent to an activating group) is 1. The van der Waals surface area contributed by atoms with Gasteiger partial charge in [-0.05, 0) is 67.9 Å². The van der Waals surface area contributed by atoms with E-state index in [0.29, 0.717) is 28.7 Å². The summed E-state index contributed by atoms with van der Waals surface area (Å²) in [5.41, 5.74) is 3.39. The summed E-state index contributed by atoms with van der Waals surface area (Å²) >= 11 is 6.86. The number of amides is 3. The molecule has 0 bridgehead atoms. The molecule has 34 heavy (non-hydrogen) atoms. The molecule has 1 fully saturated rings. The number of carbonyl (C=O) groups excluding carboxylic acids is 3. The predicted molar refractivity (Wildman–Crippen MR) is 139 cm³/mol. The van der Waals surface area contributed by atoms with Crippen molar-refractivity contribution in [2.75, 3.05) is 18.0 Å². The molecule has 0 atom stereocenters. The summed E-state index contributed by atoms with van der Waals surface area (Å²) in [4.78, 5) is 42.0. The quantitative estimate of drug-likeness (QED) is 0.379. The fourth-order valence-electron chi connectivity index (χ4n) is 4.23. The SMILES string of the molecule is CCc1cccc2c(/C=C3\SC(=O)N(c4ccc(Cl)cc4)C3=O)cn(CC(=O)N(CC)CC)c12. The molecule has 1 aromatic heterocycles. The average Bonchev–Trinajstić information content (AvgIpc) is 3.31. The second-order valence-corrected chi connectivity index (χ2v) is 9.37. The maximum absolute atomic E-state index is 13.1. The summed E-state index contributed by atoms with van der Waals surface area (Å²) in [5.74, 6) is -0.327. The van der Waals surface area contributed by atoms with Crippen LogP contribution in [0.2, 0.25) is 5.02 Å². The summed E-state index contributed by atoms with van der Waals surface area (Å²) in [5, 5.41) is 1.13. The molecular weight excluding hydrogens is 470 g/mol. The standard InChI is InChI=1S/C26H26ClN3O3S/c1-4-17-8-7-9-21-18(15-29(24(17)21)16-23(31)28(5-2)6-3)14-22-25(32)30(26(33)34-22)20-12-10-19(27)11-13-20/h7-15H,4-6,16H2,1-3H3/b22-14-. The zero-order valence-corrected chi connectivity index (χ0v) is 20.9. The van der Waals surface area contributed by atoms with E-state index in [9.17, 15) is 14.4 Å². The molecule has 0 radical (unpaired) electrons. The maximum Gasteiger partial charge on any atom is 0.298 e. The highest BCUT2D eigenvalue weighted by Gasteiger charge is 2.36. The van der Waals surface area contributed by atoms with Crippen molar-refractivity contribution in [3.63, 3.8) is 0 Å². The first-order valence-corrected chi connectivity index (χ1v) is 12.5. The molecule has 0 spiro atoms. The number of anilines is 1. The Kier molecular flexibility index (Phi) is 7.14. The molecule has 8 heteroatoms. The largest absolute Gasteiger partial charge is 0.342 e. The van der Waals surface area contributed by atoms with Crippen LogP contribution in [0.3, 0.4) is 0 Å². The number of benzene rings is 2. The molecule has 0 N–H and O–H groups in total. The fourth-order valence-corrected chi connectivity index (χ4v) is 5.19. The lowest BCUT2D eigenvalue weighted by Gasteiger charge is -2.19.